The van der Waals surface area contributed by atoms with Crippen molar-refractivity contribution in [2.24, 2.45) is 0 Å². The van der Waals surface area contributed by atoms with Crippen molar-refractivity contribution in [1.29, 1.82) is 0 Å². The lowest BCUT2D eigenvalue weighted by Gasteiger charge is -2.24. The fourth-order valence-corrected chi connectivity index (χ4v) is 4.02. The van der Waals surface area contributed by atoms with Crippen molar-refractivity contribution in [1.82, 2.24) is 0 Å². The number of nitrogens with zero attached hydrogens (tertiary/aromatic N) is 1. The Balaban J connectivity index is 1.93. The van der Waals surface area contributed by atoms with Crippen LogP contribution in [0, 0.1) is 15.9 Å². The molecule has 1 aliphatic carbocycles. The van der Waals surface area contributed by atoms with E-state index in [1.165, 1.54) is 17.0 Å². The third-order valence-electron chi connectivity index (χ3n) is 3.57. The molecule has 1 aliphatic rings. The molecule has 0 fully saturated rings. The molecule has 7 heteroatoms. The number of anilines is 1. The number of fused-ring (bicyclic) bond motifs is 1. The highest BCUT2D eigenvalue weighted by atomic mass is 35.5. The molecule has 0 bridgehead atoms. The topological polar surface area (TPSA) is 55.2 Å². The summed E-state index contributed by atoms with van der Waals surface area (Å²) < 4.78 is 13.9. The molecule has 1 atom stereocenters. The van der Waals surface area contributed by atoms with E-state index in [0.717, 1.165) is 35.2 Å². The van der Waals surface area contributed by atoms with Gasteiger partial charge in [-0.2, -0.15) is 0 Å². The van der Waals surface area contributed by atoms with Crippen LogP contribution in [0.1, 0.15) is 29.3 Å². The average Bonchev–Trinajstić information content (AvgIpc) is 2.82. The maximum Gasteiger partial charge on any atom is 0.295 e. The summed E-state index contributed by atoms with van der Waals surface area (Å²) in [5.41, 5.74) is 1.18. The molecule has 2 aromatic rings. The summed E-state index contributed by atoms with van der Waals surface area (Å²) >= 11 is 7.60. The number of nitro groups is 1. The van der Waals surface area contributed by atoms with Crippen molar-refractivity contribution in [3.05, 3.63) is 55.0 Å². The van der Waals surface area contributed by atoms with Gasteiger partial charge in [0.05, 0.1) is 21.4 Å². The Hall–Kier alpha value is -1.66. The van der Waals surface area contributed by atoms with E-state index in [2.05, 4.69) is 5.32 Å². The van der Waals surface area contributed by atoms with Gasteiger partial charge < -0.3 is 5.32 Å². The summed E-state index contributed by atoms with van der Waals surface area (Å²) in [4.78, 5) is 11.7. The predicted molar refractivity (Wildman–Crippen MR) is 81.7 cm³/mol. The van der Waals surface area contributed by atoms with Crippen LogP contribution < -0.4 is 5.32 Å². The first kappa shape index (κ1) is 14.3. The molecule has 0 saturated carbocycles. The molecule has 0 radical (unpaired) electrons. The van der Waals surface area contributed by atoms with Crippen LogP contribution in [-0.4, -0.2) is 4.92 Å². The minimum absolute atomic E-state index is 0.0262. The minimum Gasteiger partial charge on any atom is -0.373 e. The van der Waals surface area contributed by atoms with E-state index in [-0.39, 0.29) is 11.7 Å². The first-order valence-electron chi connectivity index (χ1n) is 6.53. The highest BCUT2D eigenvalue weighted by Crippen LogP contribution is 2.40. The molecule has 1 heterocycles. The standard InChI is InChI=1S/C14H12ClFN2O2S/c15-14-7-9-10(2-1-3-13(9)21-14)17-11-5-4-8(16)6-12(11)18(19)20/h4-7,10,17H,1-3H2. The zero-order valence-electron chi connectivity index (χ0n) is 10.9. The summed E-state index contributed by atoms with van der Waals surface area (Å²) in [6.45, 7) is 0. The zero-order valence-corrected chi connectivity index (χ0v) is 12.5. The molecule has 0 saturated heterocycles. The third kappa shape index (κ3) is 2.87. The largest absolute Gasteiger partial charge is 0.373 e. The first-order chi connectivity index (χ1) is 10.0. The average molecular weight is 327 g/mol. The number of aryl methyl sites for hydroxylation is 1. The molecule has 1 aromatic heterocycles. The number of hydrogen-bond acceptors (Lipinski definition) is 4. The maximum atomic E-state index is 13.2. The molecule has 1 aromatic carbocycles. The summed E-state index contributed by atoms with van der Waals surface area (Å²) in [6, 6.07) is 5.46. The number of nitro benzene ring substituents is 1. The van der Waals surface area contributed by atoms with Gasteiger partial charge in [-0.3, -0.25) is 10.1 Å². The van der Waals surface area contributed by atoms with E-state index in [4.69, 9.17) is 11.6 Å². The van der Waals surface area contributed by atoms with E-state index in [9.17, 15) is 14.5 Å². The third-order valence-corrected chi connectivity index (χ3v) is 4.91. The molecule has 0 aliphatic heterocycles. The van der Waals surface area contributed by atoms with Crippen molar-refractivity contribution in [3.8, 4) is 0 Å². The Morgan fingerprint density at radius 3 is 3.00 bits per heavy atom. The van der Waals surface area contributed by atoms with E-state index < -0.39 is 10.7 Å². The van der Waals surface area contributed by atoms with Gasteiger partial charge in [0.15, 0.2) is 0 Å². The zero-order chi connectivity index (χ0) is 15.0. The Morgan fingerprint density at radius 2 is 2.24 bits per heavy atom. The molecule has 0 amide bonds. The predicted octanol–water partition coefficient (Wildman–Crippen LogP) is 4.94. The molecule has 110 valence electrons. The lowest BCUT2D eigenvalue weighted by atomic mass is 9.94. The van der Waals surface area contributed by atoms with Gasteiger partial charge in [-0.25, -0.2) is 4.39 Å². The molecule has 3 rings (SSSR count). The summed E-state index contributed by atoms with van der Waals surface area (Å²) in [5.74, 6) is -0.616. The van der Waals surface area contributed by atoms with Crippen molar-refractivity contribution in [2.75, 3.05) is 5.32 Å². The van der Waals surface area contributed by atoms with Crippen LogP contribution >= 0.6 is 22.9 Å². The fraction of sp³-hybridized carbons (Fsp3) is 0.286. The van der Waals surface area contributed by atoms with Crippen molar-refractivity contribution in [2.45, 2.75) is 25.3 Å². The van der Waals surface area contributed by atoms with Gasteiger partial charge >= 0.3 is 0 Å². The monoisotopic (exact) mass is 326 g/mol. The van der Waals surface area contributed by atoms with Crippen molar-refractivity contribution >= 4 is 34.3 Å². The molecule has 4 nitrogen and oxygen atoms in total. The van der Waals surface area contributed by atoms with Gasteiger partial charge in [0.25, 0.3) is 5.69 Å². The second kappa shape index (κ2) is 5.61. The Labute approximate surface area is 129 Å². The Kier molecular flexibility index (Phi) is 3.82. The lowest BCUT2D eigenvalue weighted by molar-refractivity contribution is -0.384. The van der Waals surface area contributed by atoms with E-state index in [1.54, 1.807) is 11.3 Å². The number of thiophene rings is 1. The number of halogens is 2. The summed E-state index contributed by atoms with van der Waals surface area (Å²) in [7, 11) is 0. The first-order valence-corrected chi connectivity index (χ1v) is 7.72. The number of nitrogens with one attached hydrogen (secondary N) is 1. The van der Waals surface area contributed by atoms with E-state index >= 15 is 0 Å². The normalized spacial score (nSPS) is 17.3. The summed E-state index contributed by atoms with van der Waals surface area (Å²) in [6.07, 6.45) is 2.85. The summed E-state index contributed by atoms with van der Waals surface area (Å²) in [5, 5.41) is 14.2. The van der Waals surface area contributed by atoms with Crippen LogP contribution in [0.25, 0.3) is 0 Å². The molecule has 0 spiro atoms. The van der Waals surface area contributed by atoms with Crippen LogP contribution in [0.15, 0.2) is 24.3 Å². The van der Waals surface area contributed by atoms with Gasteiger partial charge in [0.2, 0.25) is 0 Å². The van der Waals surface area contributed by atoms with Gasteiger partial charge in [0, 0.05) is 4.88 Å². The van der Waals surface area contributed by atoms with Crippen LogP contribution in [0.4, 0.5) is 15.8 Å². The van der Waals surface area contributed by atoms with Crippen LogP contribution in [-0.2, 0) is 6.42 Å². The van der Waals surface area contributed by atoms with Gasteiger partial charge in [-0.05, 0) is 43.0 Å². The van der Waals surface area contributed by atoms with Crippen molar-refractivity contribution < 1.29 is 9.31 Å². The number of benzene rings is 1. The van der Waals surface area contributed by atoms with Gasteiger partial charge in [-0.1, -0.05) is 11.6 Å². The molecule has 21 heavy (non-hydrogen) atoms. The SMILES string of the molecule is O=[N+]([O-])c1cc(F)ccc1NC1CCCc2sc(Cl)cc21. The number of rotatable bonds is 3. The van der Waals surface area contributed by atoms with Gasteiger partial charge in [-0.15, -0.1) is 11.3 Å². The van der Waals surface area contributed by atoms with Gasteiger partial charge in [0.1, 0.15) is 11.5 Å². The molecular formula is C14H12ClFN2O2S. The molecule has 1 unspecified atom stereocenters. The Morgan fingerprint density at radius 1 is 1.43 bits per heavy atom. The van der Waals surface area contributed by atoms with Crippen LogP contribution in [0.3, 0.4) is 0 Å². The second-order valence-corrected chi connectivity index (χ2v) is 6.70. The smallest absolute Gasteiger partial charge is 0.295 e. The van der Waals surface area contributed by atoms with Crippen LogP contribution in [0.5, 0.6) is 0 Å². The van der Waals surface area contributed by atoms with E-state index in [1.807, 2.05) is 6.07 Å². The Bertz CT molecular complexity index is 704. The quantitative estimate of drug-likeness (QED) is 0.642. The number of hydrogen-bond donors (Lipinski definition) is 1. The van der Waals surface area contributed by atoms with E-state index in [0.29, 0.717) is 5.69 Å². The highest BCUT2D eigenvalue weighted by Gasteiger charge is 2.25. The minimum atomic E-state index is -0.616. The van der Waals surface area contributed by atoms with Crippen molar-refractivity contribution in [3.63, 3.8) is 0 Å². The fourth-order valence-electron chi connectivity index (χ4n) is 2.64. The van der Waals surface area contributed by atoms with Crippen LogP contribution in [0.2, 0.25) is 4.34 Å². The highest BCUT2D eigenvalue weighted by molar-refractivity contribution is 7.16. The lowest BCUT2D eigenvalue weighted by Crippen LogP contribution is -2.16. The molecular weight excluding hydrogens is 315 g/mol. The molecule has 1 N–H and O–H groups in total. The second-order valence-electron chi connectivity index (χ2n) is 4.94. The maximum absolute atomic E-state index is 13.2.